The van der Waals surface area contributed by atoms with E-state index in [0.717, 1.165) is 37.9 Å². The molecule has 5 heteroatoms. The van der Waals surface area contributed by atoms with E-state index in [1.54, 1.807) is 0 Å². The highest BCUT2D eigenvalue weighted by Crippen LogP contribution is 2.23. The smallest absolute Gasteiger partial charge is 0.237 e. The van der Waals surface area contributed by atoms with Crippen LogP contribution in [0.2, 0.25) is 0 Å². The SMILES string of the molecule is CCC(C(=O)N1CCN(C(C)C(=O)NC2CC2)CC1)c1ccccc1. The molecule has 2 atom stereocenters. The molecule has 1 saturated heterocycles. The molecule has 1 saturated carbocycles. The fourth-order valence-corrected chi connectivity index (χ4v) is 3.50. The van der Waals surface area contributed by atoms with E-state index in [-0.39, 0.29) is 23.8 Å². The zero-order valence-corrected chi connectivity index (χ0v) is 15.3. The Hall–Kier alpha value is -1.88. The van der Waals surface area contributed by atoms with Gasteiger partial charge < -0.3 is 10.2 Å². The van der Waals surface area contributed by atoms with Gasteiger partial charge in [-0.15, -0.1) is 0 Å². The summed E-state index contributed by atoms with van der Waals surface area (Å²) in [6.07, 6.45) is 3.03. The molecule has 2 aliphatic rings. The molecule has 3 rings (SSSR count). The van der Waals surface area contributed by atoms with Gasteiger partial charge in [0.2, 0.25) is 11.8 Å². The summed E-state index contributed by atoms with van der Waals surface area (Å²) < 4.78 is 0. The summed E-state index contributed by atoms with van der Waals surface area (Å²) in [5.41, 5.74) is 1.09. The third-order valence-electron chi connectivity index (χ3n) is 5.39. The van der Waals surface area contributed by atoms with Gasteiger partial charge in [-0.05, 0) is 31.7 Å². The highest BCUT2D eigenvalue weighted by Gasteiger charge is 2.32. The minimum atomic E-state index is -0.117. The fraction of sp³-hybridized carbons (Fsp3) is 0.600. The minimum absolute atomic E-state index is 0.0664. The molecule has 2 fully saturated rings. The van der Waals surface area contributed by atoms with E-state index < -0.39 is 0 Å². The van der Waals surface area contributed by atoms with Gasteiger partial charge in [-0.1, -0.05) is 37.3 Å². The van der Waals surface area contributed by atoms with Crippen LogP contribution in [-0.4, -0.2) is 59.9 Å². The predicted molar refractivity (Wildman–Crippen MR) is 98.3 cm³/mol. The summed E-state index contributed by atoms with van der Waals surface area (Å²) in [6.45, 7) is 6.95. The molecule has 5 nitrogen and oxygen atoms in total. The van der Waals surface area contributed by atoms with Crippen molar-refractivity contribution >= 4 is 11.8 Å². The van der Waals surface area contributed by atoms with Crippen LogP contribution in [0.25, 0.3) is 0 Å². The van der Waals surface area contributed by atoms with Crippen molar-refractivity contribution < 1.29 is 9.59 Å². The van der Waals surface area contributed by atoms with Gasteiger partial charge in [0.1, 0.15) is 0 Å². The predicted octanol–water partition coefficient (Wildman–Crippen LogP) is 1.99. The molecule has 1 aliphatic carbocycles. The van der Waals surface area contributed by atoms with E-state index in [9.17, 15) is 9.59 Å². The lowest BCUT2D eigenvalue weighted by atomic mass is 9.94. The lowest BCUT2D eigenvalue weighted by Crippen LogP contribution is -2.55. The summed E-state index contributed by atoms with van der Waals surface area (Å²) in [7, 11) is 0. The van der Waals surface area contributed by atoms with Crippen LogP contribution >= 0.6 is 0 Å². The van der Waals surface area contributed by atoms with Crippen LogP contribution < -0.4 is 5.32 Å². The third-order valence-corrected chi connectivity index (χ3v) is 5.39. The van der Waals surface area contributed by atoms with E-state index in [0.29, 0.717) is 19.1 Å². The Kier molecular flexibility index (Phi) is 5.74. The second kappa shape index (κ2) is 8.00. The standard InChI is InChI=1S/C20H29N3O2/c1-3-18(16-7-5-4-6-8-16)20(25)23-13-11-22(12-14-23)15(2)19(24)21-17-9-10-17/h4-8,15,17-18H,3,9-14H2,1-2H3,(H,21,24). The first-order valence-corrected chi connectivity index (χ1v) is 9.48. The van der Waals surface area contributed by atoms with Gasteiger partial charge in [-0.3, -0.25) is 14.5 Å². The van der Waals surface area contributed by atoms with Crippen LogP contribution in [0.5, 0.6) is 0 Å². The number of nitrogens with one attached hydrogen (secondary N) is 1. The van der Waals surface area contributed by atoms with Crippen LogP contribution in [0, 0.1) is 0 Å². The van der Waals surface area contributed by atoms with E-state index in [4.69, 9.17) is 0 Å². The van der Waals surface area contributed by atoms with Crippen molar-refractivity contribution in [2.45, 2.75) is 51.1 Å². The number of carbonyl (C=O) groups is 2. The van der Waals surface area contributed by atoms with Crippen molar-refractivity contribution in [3.8, 4) is 0 Å². The maximum absolute atomic E-state index is 12.9. The average molecular weight is 343 g/mol. The number of carbonyl (C=O) groups excluding carboxylic acids is 2. The van der Waals surface area contributed by atoms with Crippen molar-refractivity contribution in [2.24, 2.45) is 0 Å². The molecule has 0 radical (unpaired) electrons. The van der Waals surface area contributed by atoms with Crippen LogP contribution in [0.15, 0.2) is 30.3 Å². The van der Waals surface area contributed by atoms with Gasteiger partial charge in [-0.25, -0.2) is 0 Å². The van der Waals surface area contributed by atoms with Gasteiger partial charge in [0.05, 0.1) is 12.0 Å². The first-order valence-electron chi connectivity index (χ1n) is 9.48. The van der Waals surface area contributed by atoms with Gasteiger partial charge in [0.25, 0.3) is 0 Å². The Morgan fingerprint density at radius 1 is 1.12 bits per heavy atom. The van der Waals surface area contributed by atoms with Gasteiger partial charge in [0.15, 0.2) is 0 Å². The van der Waals surface area contributed by atoms with E-state index in [1.165, 1.54) is 0 Å². The normalized spacial score (nSPS) is 20.8. The molecule has 1 N–H and O–H groups in total. The number of piperazine rings is 1. The molecular formula is C20H29N3O2. The minimum Gasteiger partial charge on any atom is -0.352 e. The quantitative estimate of drug-likeness (QED) is 0.859. The van der Waals surface area contributed by atoms with Crippen molar-refractivity contribution in [3.05, 3.63) is 35.9 Å². The van der Waals surface area contributed by atoms with Crippen LogP contribution in [0.4, 0.5) is 0 Å². The van der Waals surface area contributed by atoms with Gasteiger partial charge in [-0.2, -0.15) is 0 Å². The number of hydrogen-bond donors (Lipinski definition) is 1. The van der Waals surface area contributed by atoms with E-state index in [1.807, 2.05) is 42.2 Å². The molecule has 25 heavy (non-hydrogen) atoms. The van der Waals surface area contributed by atoms with Crippen molar-refractivity contribution in [2.75, 3.05) is 26.2 Å². The maximum Gasteiger partial charge on any atom is 0.237 e. The lowest BCUT2D eigenvalue weighted by Gasteiger charge is -2.38. The Labute approximate surface area is 150 Å². The second-order valence-corrected chi connectivity index (χ2v) is 7.19. The summed E-state index contributed by atoms with van der Waals surface area (Å²) in [5, 5.41) is 3.07. The molecule has 0 spiro atoms. The van der Waals surface area contributed by atoms with Crippen molar-refractivity contribution in [1.29, 1.82) is 0 Å². The summed E-state index contributed by atoms with van der Waals surface area (Å²) in [4.78, 5) is 29.3. The Balaban J connectivity index is 1.54. The van der Waals surface area contributed by atoms with Crippen molar-refractivity contribution in [3.63, 3.8) is 0 Å². The zero-order chi connectivity index (χ0) is 17.8. The first kappa shape index (κ1) is 17.9. The third kappa shape index (κ3) is 4.40. The van der Waals surface area contributed by atoms with E-state index >= 15 is 0 Å². The Bertz CT molecular complexity index is 592. The zero-order valence-electron chi connectivity index (χ0n) is 15.3. The maximum atomic E-state index is 12.9. The monoisotopic (exact) mass is 343 g/mol. The fourth-order valence-electron chi connectivity index (χ4n) is 3.50. The van der Waals surface area contributed by atoms with Crippen molar-refractivity contribution in [1.82, 2.24) is 15.1 Å². The number of hydrogen-bond acceptors (Lipinski definition) is 3. The molecule has 2 amide bonds. The summed E-state index contributed by atoms with van der Waals surface area (Å²) in [5.74, 6) is 0.268. The molecule has 0 aromatic heterocycles. The molecule has 1 aromatic carbocycles. The molecule has 136 valence electrons. The Morgan fingerprint density at radius 3 is 2.32 bits per heavy atom. The number of benzene rings is 1. The van der Waals surface area contributed by atoms with Crippen LogP contribution in [0.1, 0.15) is 44.6 Å². The molecule has 2 unspecified atom stereocenters. The van der Waals surface area contributed by atoms with Gasteiger partial charge in [0, 0.05) is 32.2 Å². The van der Waals surface area contributed by atoms with E-state index in [2.05, 4.69) is 17.1 Å². The first-order chi connectivity index (χ1) is 12.1. The molecule has 1 aromatic rings. The van der Waals surface area contributed by atoms with Crippen LogP contribution in [0.3, 0.4) is 0 Å². The summed E-state index contributed by atoms with van der Waals surface area (Å²) >= 11 is 0. The second-order valence-electron chi connectivity index (χ2n) is 7.19. The topological polar surface area (TPSA) is 52.7 Å². The highest BCUT2D eigenvalue weighted by molar-refractivity contribution is 5.84. The van der Waals surface area contributed by atoms with Gasteiger partial charge >= 0.3 is 0 Å². The highest BCUT2D eigenvalue weighted by atomic mass is 16.2. The molecule has 1 aliphatic heterocycles. The molecule has 1 heterocycles. The average Bonchev–Trinajstić information content (AvgIpc) is 3.46. The molecule has 0 bridgehead atoms. The number of nitrogens with zero attached hydrogens (tertiary/aromatic N) is 2. The molecular weight excluding hydrogens is 314 g/mol. The number of amides is 2. The lowest BCUT2D eigenvalue weighted by molar-refractivity contribution is -0.135. The Morgan fingerprint density at radius 2 is 1.76 bits per heavy atom. The van der Waals surface area contributed by atoms with Crippen LogP contribution in [-0.2, 0) is 9.59 Å². The summed E-state index contributed by atoms with van der Waals surface area (Å²) in [6, 6.07) is 10.3. The largest absolute Gasteiger partial charge is 0.352 e. The number of rotatable bonds is 6.